The zero-order valence-electron chi connectivity index (χ0n) is 15.0. The van der Waals surface area contributed by atoms with E-state index in [0.717, 1.165) is 41.9 Å². The Kier molecular flexibility index (Phi) is 4.32. The lowest BCUT2D eigenvalue weighted by Gasteiger charge is -2.23. The molecule has 134 valence electrons. The molecule has 1 amide bonds. The molecule has 0 saturated carbocycles. The average Bonchev–Trinajstić information content (AvgIpc) is 3.28. The van der Waals surface area contributed by atoms with E-state index >= 15 is 0 Å². The van der Waals surface area contributed by atoms with E-state index in [9.17, 15) is 4.79 Å². The maximum atomic E-state index is 12.8. The molecule has 1 aromatic carbocycles. The van der Waals surface area contributed by atoms with Crippen molar-refractivity contribution in [2.75, 3.05) is 13.7 Å². The Bertz CT molecular complexity index is 933. The van der Waals surface area contributed by atoms with E-state index in [0.29, 0.717) is 12.2 Å². The van der Waals surface area contributed by atoms with Crippen LogP contribution in [0.4, 0.5) is 0 Å². The Labute approximate surface area is 152 Å². The minimum absolute atomic E-state index is 0.00783. The number of rotatable bonds is 4. The van der Waals surface area contributed by atoms with Crippen LogP contribution in [0.25, 0.3) is 11.0 Å². The molecular weight excluding hydrogens is 328 g/mol. The van der Waals surface area contributed by atoms with Gasteiger partial charge in [0.15, 0.2) is 0 Å². The number of nitrogens with zero attached hydrogens (tertiary/aromatic N) is 3. The monoisotopic (exact) mass is 350 g/mol. The molecule has 3 heterocycles. The van der Waals surface area contributed by atoms with Gasteiger partial charge < -0.3 is 14.6 Å². The maximum Gasteiger partial charge on any atom is 0.229 e. The summed E-state index contributed by atoms with van der Waals surface area (Å²) in [6.07, 6.45) is 3.86. The van der Waals surface area contributed by atoms with Gasteiger partial charge in [-0.3, -0.25) is 9.78 Å². The predicted octanol–water partition coefficient (Wildman–Crippen LogP) is 3.18. The maximum absolute atomic E-state index is 12.8. The molecule has 1 N–H and O–H groups in total. The molecule has 6 heteroatoms. The predicted molar refractivity (Wildman–Crippen MR) is 99.0 cm³/mol. The average molecular weight is 350 g/mol. The second kappa shape index (κ2) is 6.78. The van der Waals surface area contributed by atoms with Crippen molar-refractivity contribution < 1.29 is 9.53 Å². The highest BCUT2D eigenvalue weighted by Crippen LogP contribution is 2.32. The fourth-order valence-corrected chi connectivity index (χ4v) is 3.54. The molecule has 6 nitrogen and oxygen atoms in total. The number of carbonyl (C=O) groups excluding carboxylic acids is 1. The third kappa shape index (κ3) is 3.14. The molecule has 4 rings (SSSR count). The Morgan fingerprint density at radius 3 is 3.00 bits per heavy atom. The molecule has 26 heavy (non-hydrogen) atoms. The fraction of sp³-hybridized carbons (Fsp3) is 0.350. The summed E-state index contributed by atoms with van der Waals surface area (Å²) in [4.78, 5) is 27.2. The van der Waals surface area contributed by atoms with Gasteiger partial charge in [0, 0.05) is 12.2 Å². The van der Waals surface area contributed by atoms with E-state index < -0.39 is 0 Å². The number of amides is 1. The minimum Gasteiger partial charge on any atom is -0.495 e. The normalized spacial score (nSPS) is 17.0. The van der Waals surface area contributed by atoms with Crippen molar-refractivity contribution >= 4 is 16.9 Å². The van der Waals surface area contributed by atoms with E-state index in [1.165, 1.54) is 5.56 Å². The summed E-state index contributed by atoms with van der Waals surface area (Å²) in [6, 6.07) is 9.85. The van der Waals surface area contributed by atoms with Crippen LogP contribution in [0, 0.1) is 6.92 Å². The van der Waals surface area contributed by atoms with Crippen molar-refractivity contribution in [3.05, 3.63) is 53.6 Å². The van der Waals surface area contributed by atoms with Crippen LogP contribution >= 0.6 is 0 Å². The first-order valence-corrected chi connectivity index (χ1v) is 8.88. The van der Waals surface area contributed by atoms with Crippen LogP contribution in [0.2, 0.25) is 0 Å². The van der Waals surface area contributed by atoms with Crippen LogP contribution in [0.5, 0.6) is 5.75 Å². The number of imidazole rings is 1. The van der Waals surface area contributed by atoms with Gasteiger partial charge in [-0.05, 0) is 49.6 Å². The molecule has 3 aromatic rings. The number of H-pyrrole nitrogens is 1. The number of aromatic amines is 1. The number of carbonyl (C=O) groups is 1. The molecule has 2 aromatic heterocycles. The summed E-state index contributed by atoms with van der Waals surface area (Å²) in [5.41, 5.74) is 3.91. The van der Waals surface area contributed by atoms with E-state index in [-0.39, 0.29) is 11.9 Å². The van der Waals surface area contributed by atoms with Crippen LogP contribution in [0.3, 0.4) is 0 Å². The smallest absolute Gasteiger partial charge is 0.229 e. The van der Waals surface area contributed by atoms with Gasteiger partial charge in [-0.15, -0.1) is 0 Å². The second-order valence-electron chi connectivity index (χ2n) is 6.75. The molecule has 0 radical (unpaired) electrons. The van der Waals surface area contributed by atoms with Gasteiger partial charge in [0.25, 0.3) is 0 Å². The van der Waals surface area contributed by atoms with Crippen molar-refractivity contribution in [3.8, 4) is 5.75 Å². The first kappa shape index (κ1) is 16.6. The Hall–Kier alpha value is -2.89. The highest BCUT2D eigenvalue weighted by Gasteiger charge is 2.32. The topological polar surface area (TPSA) is 71.1 Å². The molecule has 0 spiro atoms. The number of aromatic nitrogens is 3. The van der Waals surface area contributed by atoms with Crippen molar-refractivity contribution in [3.63, 3.8) is 0 Å². The fourth-order valence-electron chi connectivity index (χ4n) is 3.54. The van der Waals surface area contributed by atoms with Crippen LogP contribution in [0.15, 0.2) is 36.5 Å². The molecule has 0 bridgehead atoms. The van der Waals surface area contributed by atoms with Crippen LogP contribution in [-0.4, -0.2) is 39.4 Å². The number of likely N-dealkylation sites (tertiary alicyclic amines) is 1. The number of ether oxygens (including phenoxy) is 1. The van der Waals surface area contributed by atoms with Crippen molar-refractivity contribution in [1.82, 2.24) is 19.9 Å². The quantitative estimate of drug-likeness (QED) is 0.784. The Balaban J connectivity index is 1.53. The number of pyridine rings is 1. The van der Waals surface area contributed by atoms with Gasteiger partial charge >= 0.3 is 0 Å². The number of benzene rings is 1. The van der Waals surface area contributed by atoms with Crippen molar-refractivity contribution in [1.29, 1.82) is 0 Å². The highest BCUT2D eigenvalue weighted by atomic mass is 16.5. The van der Waals surface area contributed by atoms with E-state index in [2.05, 4.69) is 29.0 Å². The molecule has 1 atom stereocenters. The number of hydrogen-bond donors (Lipinski definition) is 1. The summed E-state index contributed by atoms with van der Waals surface area (Å²) in [7, 11) is 1.60. The molecule has 1 saturated heterocycles. The molecule has 1 aliphatic rings. The zero-order chi connectivity index (χ0) is 18.1. The summed E-state index contributed by atoms with van der Waals surface area (Å²) in [6.45, 7) is 2.82. The second-order valence-corrected chi connectivity index (χ2v) is 6.75. The lowest BCUT2D eigenvalue weighted by atomic mass is 10.2. The van der Waals surface area contributed by atoms with Crippen LogP contribution < -0.4 is 4.74 Å². The molecule has 0 aliphatic carbocycles. The SMILES string of the molecule is COc1ccc(CC(=O)N2CCCC2c2nc3ccc(C)cc3[nH]2)nc1. The summed E-state index contributed by atoms with van der Waals surface area (Å²) in [5, 5.41) is 0. The van der Waals surface area contributed by atoms with Gasteiger partial charge in [-0.2, -0.15) is 0 Å². The van der Waals surface area contributed by atoms with Gasteiger partial charge in [0.1, 0.15) is 11.6 Å². The molecule has 1 fully saturated rings. The minimum atomic E-state index is 0.00783. The lowest BCUT2D eigenvalue weighted by Crippen LogP contribution is -2.32. The summed E-state index contributed by atoms with van der Waals surface area (Å²) in [5.74, 6) is 1.65. The number of hydrogen-bond acceptors (Lipinski definition) is 4. The first-order valence-electron chi connectivity index (χ1n) is 8.88. The molecule has 1 aliphatic heterocycles. The number of aryl methyl sites for hydroxylation is 1. The highest BCUT2D eigenvalue weighted by molar-refractivity contribution is 5.80. The summed E-state index contributed by atoms with van der Waals surface area (Å²) >= 11 is 0. The number of methoxy groups -OCH3 is 1. The van der Waals surface area contributed by atoms with Crippen LogP contribution in [-0.2, 0) is 11.2 Å². The van der Waals surface area contributed by atoms with E-state index in [1.54, 1.807) is 13.3 Å². The van der Waals surface area contributed by atoms with Gasteiger partial charge in [-0.25, -0.2) is 4.98 Å². The standard InChI is InChI=1S/C20H22N4O2/c1-13-5-8-16-17(10-13)23-20(22-16)18-4-3-9-24(18)19(25)11-14-6-7-15(26-2)12-21-14/h5-8,10,12,18H,3-4,9,11H2,1-2H3,(H,22,23). The Morgan fingerprint density at radius 1 is 1.35 bits per heavy atom. The number of fused-ring (bicyclic) bond motifs is 1. The van der Waals surface area contributed by atoms with Crippen molar-refractivity contribution in [2.45, 2.75) is 32.2 Å². The largest absolute Gasteiger partial charge is 0.495 e. The first-order chi connectivity index (χ1) is 12.6. The Morgan fingerprint density at radius 2 is 2.23 bits per heavy atom. The summed E-state index contributed by atoms with van der Waals surface area (Å²) < 4.78 is 5.12. The third-order valence-corrected chi connectivity index (χ3v) is 4.91. The van der Waals surface area contributed by atoms with Crippen LogP contribution in [0.1, 0.15) is 36.0 Å². The molecular formula is C20H22N4O2. The van der Waals surface area contributed by atoms with E-state index in [4.69, 9.17) is 9.72 Å². The van der Waals surface area contributed by atoms with Gasteiger partial charge in [-0.1, -0.05) is 6.07 Å². The zero-order valence-corrected chi connectivity index (χ0v) is 15.0. The number of nitrogens with one attached hydrogen (secondary N) is 1. The van der Waals surface area contributed by atoms with Gasteiger partial charge in [0.2, 0.25) is 5.91 Å². The third-order valence-electron chi connectivity index (χ3n) is 4.91. The van der Waals surface area contributed by atoms with Gasteiger partial charge in [0.05, 0.1) is 36.8 Å². The van der Waals surface area contributed by atoms with E-state index in [1.807, 2.05) is 23.1 Å². The lowest BCUT2D eigenvalue weighted by molar-refractivity contribution is -0.131. The van der Waals surface area contributed by atoms with Crippen molar-refractivity contribution in [2.24, 2.45) is 0 Å². The molecule has 1 unspecified atom stereocenters.